The topological polar surface area (TPSA) is 56.9 Å². The highest BCUT2D eigenvalue weighted by atomic mass is 127. The van der Waals surface area contributed by atoms with E-state index in [1.165, 1.54) is 6.54 Å². The summed E-state index contributed by atoms with van der Waals surface area (Å²) in [5.41, 5.74) is 0.893. The van der Waals surface area contributed by atoms with Gasteiger partial charge in [-0.3, -0.25) is 9.89 Å². The van der Waals surface area contributed by atoms with Crippen molar-refractivity contribution in [2.45, 2.75) is 20.4 Å². The van der Waals surface area contributed by atoms with Crippen LogP contribution in [0.15, 0.2) is 21.8 Å². The van der Waals surface area contributed by atoms with Crippen LogP contribution in [0.4, 0.5) is 0 Å². The molecule has 0 amide bonds. The molecule has 6 nitrogen and oxygen atoms in total. The average Bonchev–Trinajstić information content (AvgIpc) is 2.94. The Balaban J connectivity index is 0.00000220. The molecule has 0 spiro atoms. The summed E-state index contributed by atoms with van der Waals surface area (Å²) in [6.45, 7) is 10.6. The maximum absolute atomic E-state index is 4.83. The SMILES string of the molecule is CN=C(NCc1ccon1)N1CCN(CC(C)C)CC1.I. The molecule has 21 heavy (non-hydrogen) atoms. The normalized spacial score (nSPS) is 17.0. The zero-order valence-electron chi connectivity index (χ0n) is 13.1. The van der Waals surface area contributed by atoms with Gasteiger partial charge >= 0.3 is 0 Å². The number of piperazine rings is 1. The first-order valence-corrected chi connectivity index (χ1v) is 7.26. The Morgan fingerprint density at radius 3 is 2.62 bits per heavy atom. The van der Waals surface area contributed by atoms with Crippen molar-refractivity contribution in [3.63, 3.8) is 0 Å². The van der Waals surface area contributed by atoms with Gasteiger partial charge in [0.05, 0.1) is 6.54 Å². The van der Waals surface area contributed by atoms with Crippen molar-refractivity contribution in [3.8, 4) is 0 Å². The van der Waals surface area contributed by atoms with Crippen molar-refractivity contribution in [1.82, 2.24) is 20.3 Å². The Labute approximate surface area is 144 Å². The number of hydrogen-bond donors (Lipinski definition) is 1. The minimum absolute atomic E-state index is 0. The first-order valence-electron chi connectivity index (χ1n) is 7.26. The summed E-state index contributed by atoms with van der Waals surface area (Å²) in [6.07, 6.45) is 1.59. The molecule has 0 aromatic carbocycles. The second-order valence-corrected chi connectivity index (χ2v) is 5.57. The van der Waals surface area contributed by atoms with Crippen LogP contribution in [0.1, 0.15) is 19.5 Å². The summed E-state index contributed by atoms with van der Waals surface area (Å²) in [5.74, 6) is 1.67. The fourth-order valence-electron chi connectivity index (χ4n) is 2.49. The predicted molar refractivity (Wildman–Crippen MR) is 95.0 cm³/mol. The Bertz CT molecular complexity index is 413. The van der Waals surface area contributed by atoms with Gasteiger partial charge in [0.1, 0.15) is 12.0 Å². The molecule has 1 aromatic heterocycles. The molecule has 1 fully saturated rings. The van der Waals surface area contributed by atoms with E-state index in [-0.39, 0.29) is 24.0 Å². The van der Waals surface area contributed by atoms with E-state index in [0.29, 0.717) is 6.54 Å². The van der Waals surface area contributed by atoms with Crippen molar-refractivity contribution < 1.29 is 4.52 Å². The molecule has 1 aromatic rings. The summed E-state index contributed by atoms with van der Waals surface area (Å²) >= 11 is 0. The molecule has 1 aliphatic heterocycles. The van der Waals surface area contributed by atoms with Gasteiger partial charge in [0.2, 0.25) is 0 Å². The van der Waals surface area contributed by atoms with Gasteiger partial charge in [0.15, 0.2) is 5.96 Å². The minimum atomic E-state index is 0. The highest BCUT2D eigenvalue weighted by molar-refractivity contribution is 14.0. The first kappa shape index (κ1) is 18.2. The molecule has 0 atom stereocenters. The van der Waals surface area contributed by atoms with Crippen LogP contribution < -0.4 is 5.32 Å². The molecule has 1 aliphatic rings. The number of halogens is 1. The third kappa shape index (κ3) is 5.82. The quantitative estimate of drug-likeness (QED) is 0.467. The molecule has 1 N–H and O–H groups in total. The molecule has 7 heteroatoms. The van der Waals surface area contributed by atoms with E-state index in [2.05, 4.69) is 39.1 Å². The molecule has 0 radical (unpaired) electrons. The third-order valence-corrected chi connectivity index (χ3v) is 3.43. The molecule has 0 saturated carbocycles. The fourth-order valence-corrected chi connectivity index (χ4v) is 2.49. The standard InChI is InChI=1S/C14H25N5O.HI/c1-12(2)11-18-5-7-19(8-6-18)14(15-3)16-10-13-4-9-20-17-13;/h4,9,12H,5-8,10-11H2,1-3H3,(H,15,16);1H. The Morgan fingerprint density at radius 1 is 1.38 bits per heavy atom. The zero-order chi connectivity index (χ0) is 14.4. The van der Waals surface area contributed by atoms with E-state index >= 15 is 0 Å². The lowest BCUT2D eigenvalue weighted by Crippen LogP contribution is -2.52. The van der Waals surface area contributed by atoms with Crippen LogP contribution >= 0.6 is 24.0 Å². The highest BCUT2D eigenvalue weighted by Crippen LogP contribution is 2.06. The number of nitrogens with zero attached hydrogens (tertiary/aromatic N) is 4. The van der Waals surface area contributed by atoms with E-state index in [0.717, 1.165) is 43.8 Å². The summed E-state index contributed by atoms with van der Waals surface area (Å²) in [7, 11) is 1.83. The van der Waals surface area contributed by atoms with E-state index in [9.17, 15) is 0 Å². The summed E-state index contributed by atoms with van der Waals surface area (Å²) < 4.78 is 4.83. The number of guanidine groups is 1. The van der Waals surface area contributed by atoms with Crippen LogP contribution in [0.3, 0.4) is 0 Å². The lowest BCUT2D eigenvalue weighted by molar-refractivity contribution is 0.164. The van der Waals surface area contributed by atoms with E-state index < -0.39 is 0 Å². The zero-order valence-corrected chi connectivity index (χ0v) is 15.4. The van der Waals surface area contributed by atoms with Gasteiger partial charge in [0.25, 0.3) is 0 Å². The maximum Gasteiger partial charge on any atom is 0.194 e. The fraction of sp³-hybridized carbons (Fsp3) is 0.714. The second-order valence-electron chi connectivity index (χ2n) is 5.57. The van der Waals surface area contributed by atoms with Crippen molar-refractivity contribution in [2.24, 2.45) is 10.9 Å². The van der Waals surface area contributed by atoms with Crippen molar-refractivity contribution in [2.75, 3.05) is 39.8 Å². The van der Waals surface area contributed by atoms with Crippen LogP contribution in [0.5, 0.6) is 0 Å². The van der Waals surface area contributed by atoms with Gasteiger partial charge < -0.3 is 14.7 Å². The van der Waals surface area contributed by atoms with Gasteiger partial charge in [0, 0.05) is 45.8 Å². The Morgan fingerprint density at radius 2 is 2.10 bits per heavy atom. The van der Waals surface area contributed by atoms with Crippen LogP contribution in [-0.2, 0) is 6.54 Å². The first-order chi connectivity index (χ1) is 9.69. The number of aromatic nitrogens is 1. The largest absolute Gasteiger partial charge is 0.364 e. The van der Waals surface area contributed by atoms with Crippen LogP contribution in [0.2, 0.25) is 0 Å². The monoisotopic (exact) mass is 407 g/mol. The molecule has 0 bridgehead atoms. The van der Waals surface area contributed by atoms with Crippen LogP contribution in [0, 0.1) is 5.92 Å². The van der Waals surface area contributed by atoms with Crippen molar-refractivity contribution >= 4 is 29.9 Å². The number of nitrogens with one attached hydrogen (secondary N) is 1. The van der Waals surface area contributed by atoms with Gasteiger partial charge in [-0.2, -0.15) is 0 Å². The smallest absolute Gasteiger partial charge is 0.194 e. The lowest BCUT2D eigenvalue weighted by atomic mass is 10.2. The van der Waals surface area contributed by atoms with E-state index in [1.807, 2.05) is 13.1 Å². The minimum Gasteiger partial charge on any atom is -0.364 e. The summed E-state index contributed by atoms with van der Waals surface area (Å²) in [4.78, 5) is 9.17. The van der Waals surface area contributed by atoms with Gasteiger partial charge in [-0.15, -0.1) is 24.0 Å². The summed E-state index contributed by atoms with van der Waals surface area (Å²) in [5, 5.41) is 7.23. The van der Waals surface area contributed by atoms with Gasteiger partial charge in [-0.1, -0.05) is 19.0 Å². The van der Waals surface area contributed by atoms with E-state index in [4.69, 9.17) is 4.52 Å². The Kier molecular flexibility index (Phi) is 8.02. The van der Waals surface area contributed by atoms with Crippen LogP contribution in [-0.4, -0.2) is 60.7 Å². The molecular formula is C14H26IN5O. The van der Waals surface area contributed by atoms with Gasteiger partial charge in [-0.05, 0) is 5.92 Å². The molecule has 1 saturated heterocycles. The highest BCUT2D eigenvalue weighted by Gasteiger charge is 2.19. The number of hydrogen-bond acceptors (Lipinski definition) is 4. The van der Waals surface area contributed by atoms with E-state index in [1.54, 1.807) is 6.26 Å². The molecular weight excluding hydrogens is 381 g/mol. The Hall–Kier alpha value is -0.830. The molecule has 120 valence electrons. The van der Waals surface area contributed by atoms with Crippen molar-refractivity contribution in [3.05, 3.63) is 18.0 Å². The molecule has 0 aliphatic carbocycles. The average molecular weight is 407 g/mol. The summed E-state index contributed by atoms with van der Waals surface area (Å²) in [6, 6.07) is 1.86. The number of rotatable bonds is 4. The molecule has 0 unspecified atom stereocenters. The molecule has 2 rings (SSSR count). The lowest BCUT2D eigenvalue weighted by Gasteiger charge is -2.37. The maximum atomic E-state index is 4.83. The second kappa shape index (κ2) is 9.24. The third-order valence-electron chi connectivity index (χ3n) is 3.43. The molecule has 2 heterocycles. The van der Waals surface area contributed by atoms with Gasteiger partial charge in [-0.25, -0.2) is 0 Å². The van der Waals surface area contributed by atoms with Crippen LogP contribution in [0.25, 0.3) is 0 Å². The predicted octanol–water partition coefficient (Wildman–Crippen LogP) is 1.64. The van der Waals surface area contributed by atoms with Crippen molar-refractivity contribution in [1.29, 1.82) is 0 Å². The number of aliphatic imine (C=N–C) groups is 1.